The van der Waals surface area contributed by atoms with Gasteiger partial charge in [-0.05, 0) is 28.7 Å². The fraction of sp³-hybridized carbons (Fsp3) is 0.478. The first-order chi connectivity index (χ1) is 15.0. The molecule has 3 saturated heterocycles. The van der Waals surface area contributed by atoms with E-state index in [4.69, 9.17) is 16.6 Å². The van der Waals surface area contributed by atoms with Crippen molar-refractivity contribution in [2.24, 2.45) is 0 Å². The molecule has 2 aromatic carbocycles. The first-order valence-corrected chi connectivity index (χ1v) is 11.4. The summed E-state index contributed by atoms with van der Waals surface area (Å²) >= 11 is 5.85. The molecule has 0 amide bonds. The van der Waals surface area contributed by atoms with Gasteiger partial charge < -0.3 is 9.68 Å². The van der Waals surface area contributed by atoms with E-state index in [1.807, 2.05) is 45.9 Å². The Morgan fingerprint density at radius 2 is 1.26 bits per heavy atom. The molecule has 173 valence electrons. The van der Waals surface area contributed by atoms with Gasteiger partial charge in [0.2, 0.25) is 0 Å². The summed E-state index contributed by atoms with van der Waals surface area (Å²) in [7, 11) is 0.662. The van der Waals surface area contributed by atoms with E-state index in [1.165, 1.54) is 12.1 Å². The minimum absolute atomic E-state index is 0.178. The van der Waals surface area contributed by atoms with E-state index in [2.05, 4.69) is 4.65 Å². The lowest BCUT2D eigenvalue weighted by molar-refractivity contribution is -1.15. The van der Waals surface area contributed by atoms with E-state index in [0.717, 1.165) is 24.1 Å². The van der Waals surface area contributed by atoms with Crippen LogP contribution in [-0.2, 0) is 0 Å². The lowest BCUT2D eigenvalue weighted by Crippen LogP contribution is -2.71. The Bertz CT molecular complexity index is 645. The minimum atomic E-state index is -0.198. The number of hydrogen-bond acceptors (Lipinski definition) is 2. The second-order valence-electron chi connectivity index (χ2n) is 6.66. The van der Waals surface area contributed by atoms with Gasteiger partial charge in [-0.25, -0.2) is 4.39 Å². The van der Waals surface area contributed by atoms with E-state index in [9.17, 15) is 8.87 Å². The van der Waals surface area contributed by atoms with Gasteiger partial charge in [0.05, 0.1) is 5.75 Å². The van der Waals surface area contributed by atoms with Gasteiger partial charge in [0.25, 0.3) is 0 Å². The maximum Gasteiger partial charge on any atom is 0.569 e. The summed E-state index contributed by atoms with van der Waals surface area (Å²) in [6, 6.07) is 17.7. The van der Waals surface area contributed by atoms with Crippen LogP contribution in [0.3, 0.4) is 0 Å². The van der Waals surface area contributed by atoms with Crippen LogP contribution < -0.4 is 4.65 Å². The van der Waals surface area contributed by atoms with Crippen LogP contribution >= 0.6 is 11.6 Å². The Morgan fingerprint density at radius 1 is 0.839 bits per heavy atom. The molecule has 3 aliphatic rings. The topological polar surface area (TPSA) is 29.5 Å². The highest BCUT2D eigenvalue weighted by Gasteiger charge is 2.50. The normalized spacial score (nSPS) is 22.5. The zero-order valence-electron chi connectivity index (χ0n) is 19.2. The molecule has 3 heterocycles. The van der Waals surface area contributed by atoms with E-state index >= 15 is 0 Å². The van der Waals surface area contributed by atoms with Crippen LogP contribution in [0.5, 0.6) is 5.75 Å². The van der Waals surface area contributed by atoms with E-state index in [1.54, 1.807) is 30.3 Å². The Labute approximate surface area is 192 Å². The fourth-order valence-corrected chi connectivity index (χ4v) is 3.36. The van der Waals surface area contributed by atoms with Gasteiger partial charge >= 0.3 is 7.69 Å². The Balaban J connectivity index is 0.000000411. The van der Waals surface area contributed by atoms with Crippen LogP contribution in [0, 0.1) is 5.82 Å². The molecule has 3 aliphatic heterocycles. The predicted molar refractivity (Wildman–Crippen MR) is 126 cm³/mol. The second kappa shape index (κ2) is 17.0. The molecule has 1 radical (unpaired) electrons. The smallest absolute Gasteiger partial charge is 0.537 e. The lowest BCUT2D eigenvalue weighted by Gasteiger charge is -2.48. The summed E-state index contributed by atoms with van der Waals surface area (Å²) in [4.78, 5) is 0. The molecule has 0 spiro atoms. The number of quaternary nitrogens is 2. The summed E-state index contributed by atoms with van der Waals surface area (Å²) in [5, 5.41) is 8.17. The lowest BCUT2D eigenvalue weighted by atomic mass is 10.2. The molecule has 2 bridgehead atoms. The molecule has 0 aliphatic carbocycles. The van der Waals surface area contributed by atoms with Crippen molar-refractivity contribution in [1.82, 2.24) is 0 Å². The van der Waals surface area contributed by atoms with E-state index < -0.39 is 0 Å². The number of fused-ring (bicyclic) bond motifs is 3. The van der Waals surface area contributed by atoms with Gasteiger partial charge in [0.15, 0.2) is 25.6 Å². The van der Waals surface area contributed by atoms with Crippen LogP contribution in [0.15, 0.2) is 60.7 Å². The van der Waals surface area contributed by atoms with Crippen molar-refractivity contribution in [3.05, 3.63) is 66.5 Å². The van der Waals surface area contributed by atoms with Crippen LogP contribution in [0.1, 0.15) is 27.7 Å². The molecule has 0 unspecified atom stereocenters. The molecule has 8 heteroatoms. The van der Waals surface area contributed by atoms with Crippen LogP contribution in [0.4, 0.5) is 8.87 Å². The molecule has 5 rings (SSSR count). The first kappa shape index (κ1) is 29.3. The summed E-state index contributed by atoms with van der Waals surface area (Å²) in [6.07, 6.45) is 0. The van der Waals surface area contributed by atoms with Gasteiger partial charge in [0, 0.05) is 0 Å². The zero-order chi connectivity index (χ0) is 23.6. The van der Waals surface area contributed by atoms with Crippen molar-refractivity contribution in [3.63, 3.8) is 0 Å². The summed E-state index contributed by atoms with van der Waals surface area (Å²) < 4.78 is 30.8. The number of nitrogens with zero attached hydrogens (tertiary/aromatic N) is 2. The molecule has 4 nitrogen and oxygen atoms in total. The molecule has 2 aromatic rings. The van der Waals surface area contributed by atoms with Crippen LogP contribution in [0.2, 0.25) is 0 Å². The van der Waals surface area contributed by atoms with Gasteiger partial charge in [0.1, 0.15) is 25.5 Å². The maximum absolute atomic E-state index is 13.5. The van der Waals surface area contributed by atoms with Crippen molar-refractivity contribution in [2.45, 2.75) is 27.7 Å². The molecule has 0 saturated carbocycles. The van der Waals surface area contributed by atoms with Gasteiger partial charge in [-0.3, -0.25) is 4.48 Å². The quantitative estimate of drug-likeness (QED) is 0.226. The molecule has 0 aromatic heterocycles. The monoisotopic (exact) mass is 457 g/mol. The number of piperazine rings is 3. The fourth-order valence-electron chi connectivity index (χ4n) is 3.00. The molecular formula is C23H37BClF2N2O2+2. The maximum atomic E-state index is 13.5. The number of benzene rings is 2. The Morgan fingerprint density at radius 3 is 1.58 bits per heavy atom. The van der Waals surface area contributed by atoms with Crippen molar-refractivity contribution in [2.75, 3.05) is 45.3 Å². The third kappa shape index (κ3) is 11.5. The van der Waals surface area contributed by atoms with Crippen molar-refractivity contribution in [3.8, 4) is 5.75 Å². The number of rotatable bonds is 3. The van der Waals surface area contributed by atoms with Crippen molar-refractivity contribution >= 4 is 19.3 Å². The summed E-state index contributed by atoms with van der Waals surface area (Å²) in [5.74, 6) is 0.461. The van der Waals surface area contributed by atoms with E-state index in [0.29, 0.717) is 39.1 Å². The Hall–Kier alpha value is -1.67. The minimum Gasteiger partial charge on any atom is -0.537 e. The highest BCUT2D eigenvalue weighted by atomic mass is 35.5. The van der Waals surface area contributed by atoms with Crippen LogP contribution in [0.25, 0.3) is 0 Å². The number of hydrogen-bond donors (Lipinski definition) is 1. The average Bonchev–Trinajstić information content (AvgIpc) is 2.85. The highest BCUT2D eigenvalue weighted by Crippen LogP contribution is 2.27. The van der Waals surface area contributed by atoms with Crippen molar-refractivity contribution in [1.29, 1.82) is 0 Å². The van der Waals surface area contributed by atoms with Crippen LogP contribution in [-0.4, -0.2) is 67.2 Å². The van der Waals surface area contributed by atoms with Gasteiger partial charge in [-0.1, -0.05) is 75.7 Å². The zero-order valence-corrected chi connectivity index (χ0v) is 19.9. The SMILES string of the molecule is CC.CC.F[N+]12CC[N+](CCl)(CC1)CC2.Fc1ccccc1.O[B]Oc1ccccc1. The molecule has 3 fully saturated rings. The predicted octanol–water partition coefficient (Wildman–Crippen LogP) is 5.20. The number of alkyl halides is 1. The van der Waals surface area contributed by atoms with Gasteiger partial charge in [-0.15, -0.1) is 4.71 Å². The van der Waals surface area contributed by atoms with E-state index in [-0.39, 0.29) is 10.5 Å². The molecule has 1 N–H and O–H groups in total. The molecular weight excluding hydrogens is 421 g/mol. The standard InChI is InChI=1S/C7H14ClFN2.C6H6BO2.C6H5F.2C2H6/c8-7-10-1-4-11(9,5-2-10)6-3-10;8-7-9-6-4-2-1-3-5-6;7-6-4-2-1-3-5-6;2*1-2/h1-7H2;1-5,8H;1-5H;2*1-2H3/q+2;;;;. The summed E-state index contributed by atoms with van der Waals surface area (Å²) in [5.41, 5.74) is 0. The summed E-state index contributed by atoms with van der Waals surface area (Å²) in [6.45, 7) is 12.8. The number of para-hydroxylation sites is 1. The highest BCUT2D eigenvalue weighted by molar-refractivity contribution is 6.17. The third-order valence-corrected chi connectivity index (χ3v) is 5.35. The van der Waals surface area contributed by atoms with Gasteiger partial charge in [-0.2, -0.15) is 0 Å². The van der Waals surface area contributed by atoms with Crippen molar-refractivity contribution < 1.29 is 27.7 Å². The number of halogens is 3. The second-order valence-corrected chi connectivity index (χ2v) is 6.90. The third-order valence-electron chi connectivity index (χ3n) is 4.84. The first-order valence-electron chi connectivity index (χ1n) is 10.9. The largest absolute Gasteiger partial charge is 0.569 e. The Kier molecular flexibility index (Phi) is 16.0. The molecule has 31 heavy (non-hydrogen) atoms. The average molecular weight is 458 g/mol. The molecule has 0 atom stereocenters.